The molecular weight excluding hydrogens is 316 g/mol. The van der Waals surface area contributed by atoms with Crippen LogP contribution in [-0.4, -0.2) is 42.7 Å². The van der Waals surface area contributed by atoms with Crippen molar-refractivity contribution in [2.75, 3.05) is 18.0 Å². The fourth-order valence-electron chi connectivity index (χ4n) is 3.56. The number of aromatic nitrogens is 5. The number of aliphatic hydroxyl groups excluding tert-OH is 1. The second-order valence-electron chi connectivity index (χ2n) is 6.68. The van der Waals surface area contributed by atoms with E-state index in [9.17, 15) is 5.11 Å². The first-order valence-corrected chi connectivity index (χ1v) is 8.62. The molecule has 130 valence electrons. The number of aliphatic hydroxyl groups is 1. The minimum absolute atomic E-state index is 0.208. The van der Waals surface area contributed by atoms with E-state index in [4.69, 9.17) is 0 Å². The molecule has 1 fully saturated rings. The second kappa shape index (κ2) is 6.40. The summed E-state index contributed by atoms with van der Waals surface area (Å²) in [5.74, 6) is 1.84. The molecule has 0 aliphatic carbocycles. The van der Waals surface area contributed by atoms with Crippen molar-refractivity contribution in [3.05, 3.63) is 42.4 Å². The number of imidazole rings is 1. The van der Waals surface area contributed by atoms with Crippen molar-refractivity contribution in [1.29, 1.82) is 0 Å². The summed E-state index contributed by atoms with van der Waals surface area (Å²) in [4.78, 5) is 20.0. The fourth-order valence-corrected chi connectivity index (χ4v) is 3.56. The van der Waals surface area contributed by atoms with Crippen LogP contribution in [0.25, 0.3) is 11.0 Å². The molecule has 1 aliphatic heterocycles. The highest BCUT2D eigenvalue weighted by molar-refractivity contribution is 5.85. The third-order valence-electron chi connectivity index (χ3n) is 5.01. The molecule has 4 rings (SSSR count). The number of nitrogens with zero attached hydrogens (tertiary/aromatic N) is 6. The van der Waals surface area contributed by atoms with E-state index in [1.807, 2.05) is 36.9 Å². The van der Waals surface area contributed by atoms with E-state index < -0.39 is 6.10 Å². The zero-order valence-electron chi connectivity index (χ0n) is 14.5. The highest BCUT2D eigenvalue weighted by Gasteiger charge is 2.29. The Labute approximate surface area is 146 Å². The molecule has 1 N–H and O–H groups in total. The predicted octanol–water partition coefficient (Wildman–Crippen LogP) is 2.02. The van der Waals surface area contributed by atoms with Crippen molar-refractivity contribution < 1.29 is 5.11 Å². The first kappa shape index (κ1) is 16.0. The van der Waals surface area contributed by atoms with Crippen LogP contribution in [0.4, 0.5) is 5.82 Å². The van der Waals surface area contributed by atoms with E-state index in [1.54, 1.807) is 12.5 Å². The molecule has 0 saturated carbocycles. The topological polar surface area (TPSA) is 80.0 Å². The Morgan fingerprint density at radius 3 is 2.68 bits per heavy atom. The Morgan fingerprint density at radius 2 is 1.96 bits per heavy atom. The van der Waals surface area contributed by atoms with Gasteiger partial charge < -0.3 is 14.6 Å². The standard InChI is InChI=1S/C18H22N6O/c1-12-3-4-14-15(22-12)17(21-11-20-14)24-8-5-13(6-9-24)16(25)18-19-7-10-23(18)2/h3-4,7,10-11,13,16,25H,5-6,8-9H2,1-2H3. The predicted molar refractivity (Wildman–Crippen MR) is 95.2 cm³/mol. The summed E-state index contributed by atoms with van der Waals surface area (Å²) in [6.45, 7) is 3.66. The maximum Gasteiger partial charge on any atom is 0.158 e. The summed E-state index contributed by atoms with van der Waals surface area (Å²) in [6, 6.07) is 3.95. The van der Waals surface area contributed by atoms with Gasteiger partial charge in [0.1, 0.15) is 23.8 Å². The number of pyridine rings is 1. The highest BCUT2D eigenvalue weighted by atomic mass is 16.3. The lowest BCUT2D eigenvalue weighted by Gasteiger charge is -2.34. The summed E-state index contributed by atoms with van der Waals surface area (Å²) >= 11 is 0. The van der Waals surface area contributed by atoms with Crippen molar-refractivity contribution in [3.63, 3.8) is 0 Å². The van der Waals surface area contributed by atoms with Gasteiger partial charge in [0.2, 0.25) is 0 Å². The Kier molecular flexibility index (Phi) is 4.09. The molecule has 0 spiro atoms. The number of rotatable bonds is 3. The van der Waals surface area contributed by atoms with Gasteiger partial charge in [0.25, 0.3) is 0 Å². The lowest BCUT2D eigenvalue weighted by Crippen LogP contribution is -2.36. The maximum absolute atomic E-state index is 10.6. The second-order valence-corrected chi connectivity index (χ2v) is 6.68. The summed E-state index contributed by atoms with van der Waals surface area (Å²) < 4.78 is 1.89. The summed E-state index contributed by atoms with van der Waals surface area (Å²) in [5, 5.41) is 10.6. The first-order valence-electron chi connectivity index (χ1n) is 8.62. The van der Waals surface area contributed by atoms with Crippen molar-refractivity contribution >= 4 is 16.9 Å². The van der Waals surface area contributed by atoms with Gasteiger partial charge in [-0.15, -0.1) is 0 Å². The minimum Gasteiger partial charge on any atom is -0.385 e. The molecule has 0 aromatic carbocycles. The maximum atomic E-state index is 10.6. The molecule has 0 bridgehead atoms. The van der Waals surface area contributed by atoms with Crippen molar-refractivity contribution in [2.24, 2.45) is 13.0 Å². The average molecular weight is 338 g/mol. The van der Waals surface area contributed by atoms with Crippen LogP contribution in [0, 0.1) is 12.8 Å². The third kappa shape index (κ3) is 2.95. The van der Waals surface area contributed by atoms with Crippen LogP contribution in [0.15, 0.2) is 30.9 Å². The number of anilines is 1. The average Bonchev–Trinajstić information content (AvgIpc) is 3.06. The van der Waals surface area contributed by atoms with Gasteiger partial charge >= 0.3 is 0 Å². The van der Waals surface area contributed by atoms with Gasteiger partial charge in [-0.1, -0.05) is 0 Å². The highest BCUT2D eigenvalue weighted by Crippen LogP contribution is 2.32. The van der Waals surface area contributed by atoms with Crippen molar-refractivity contribution in [2.45, 2.75) is 25.9 Å². The number of hydrogen-bond acceptors (Lipinski definition) is 6. The molecule has 7 heteroatoms. The fraction of sp³-hybridized carbons (Fsp3) is 0.444. The Morgan fingerprint density at radius 1 is 1.16 bits per heavy atom. The Balaban J connectivity index is 1.53. The summed E-state index contributed by atoms with van der Waals surface area (Å²) in [5.41, 5.74) is 2.68. The van der Waals surface area contributed by atoms with Gasteiger partial charge in [-0.2, -0.15) is 0 Å². The molecule has 0 amide bonds. The number of hydrogen-bond donors (Lipinski definition) is 1. The molecule has 25 heavy (non-hydrogen) atoms. The van der Waals surface area contributed by atoms with Crippen LogP contribution >= 0.6 is 0 Å². The molecule has 1 saturated heterocycles. The number of aryl methyl sites for hydroxylation is 2. The molecule has 1 unspecified atom stereocenters. The molecule has 1 aliphatic rings. The summed E-state index contributed by atoms with van der Waals surface area (Å²) in [7, 11) is 1.92. The van der Waals surface area contributed by atoms with Gasteiger partial charge in [-0.3, -0.25) is 0 Å². The molecule has 0 radical (unpaired) electrons. The van der Waals surface area contributed by atoms with Crippen LogP contribution in [0.3, 0.4) is 0 Å². The minimum atomic E-state index is -0.523. The SMILES string of the molecule is Cc1ccc2ncnc(N3CCC(C(O)c4nccn4C)CC3)c2n1. The number of fused-ring (bicyclic) bond motifs is 1. The van der Waals surface area contributed by atoms with Crippen molar-refractivity contribution in [1.82, 2.24) is 24.5 Å². The van der Waals surface area contributed by atoms with E-state index in [0.717, 1.165) is 54.3 Å². The molecular formula is C18H22N6O. The quantitative estimate of drug-likeness (QED) is 0.787. The van der Waals surface area contributed by atoms with Crippen molar-refractivity contribution in [3.8, 4) is 0 Å². The van der Waals surface area contributed by atoms with Gasteiger partial charge in [0.15, 0.2) is 5.82 Å². The van der Waals surface area contributed by atoms with Crippen LogP contribution in [0.1, 0.15) is 30.5 Å². The zero-order valence-corrected chi connectivity index (χ0v) is 14.5. The van der Waals surface area contributed by atoms with Gasteiger partial charge in [-0.25, -0.2) is 19.9 Å². The van der Waals surface area contributed by atoms with E-state index in [2.05, 4.69) is 24.8 Å². The number of piperidine rings is 1. The normalized spacial score (nSPS) is 17.2. The van der Waals surface area contributed by atoms with E-state index in [-0.39, 0.29) is 5.92 Å². The third-order valence-corrected chi connectivity index (χ3v) is 5.01. The van der Waals surface area contributed by atoms with Gasteiger partial charge in [-0.05, 0) is 37.8 Å². The Hall–Kier alpha value is -2.54. The molecule has 1 atom stereocenters. The van der Waals surface area contributed by atoms with E-state index in [0.29, 0.717) is 0 Å². The zero-order chi connectivity index (χ0) is 17.4. The lowest BCUT2D eigenvalue weighted by molar-refractivity contribution is 0.0824. The van der Waals surface area contributed by atoms with E-state index in [1.165, 1.54) is 0 Å². The van der Waals surface area contributed by atoms with Crippen LogP contribution in [0.5, 0.6) is 0 Å². The van der Waals surface area contributed by atoms with E-state index >= 15 is 0 Å². The van der Waals surface area contributed by atoms with Gasteiger partial charge in [0.05, 0.1) is 5.52 Å². The molecule has 3 aromatic rings. The smallest absolute Gasteiger partial charge is 0.158 e. The molecule has 3 aromatic heterocycles. The van der Waals surface area contributed by atoms with Gasteiger partial charge in [0, 0.05) is 38.2 Å². The summed E-state index contributed by atoms with van der Waals surface area (Å²) in [6.07, 6.45) is 6.47. The lowest BCUT2D eigenvalue weighted by atomic mass is 9.90. The van der Waals surface area contributed by atoms with Crippen LogP contribution in [-0.2, 0) is 7.05 Å². The van der Waals surface area contributed by atoms with Crippen LogP contribution in [0.2, 0.25) is 0 Å². The Bertz CT molecular complexity index is 884. The largest absolute Gasteiger partial charge is 0.385 e. The van der Waals surface area contributed by atoms with Crippen LogP contribution < -0.4 is 4.90 Å². The monoisotopic (exact) mass is 338 g/mol. The molecule has 4 heterocycles. The molecule has 7 nitrogen and oxygen atoms in total. The first-order chi connectivity index (χ1) is 12.1.